The third-order valence-electron chi connectivity index (χ3n) is 2.49. The summed E-state index contributed by atoms with van der Waals surface area (Å²) in [6, 6.07) is 0. The van der Waals surface area contributed by atoms with Crippen molar-refractivity contribution >= 4 is 28.0 Å². The molecular weight excluding hydrogens is 252 g/mol. The minimum Gasteiger partial charge on any atom is -0.207 e. The fourth-order valence-electron chi connectivity index (χ4n) is 1.68. The van der Waals surface area contributed by atoms with Crippen molar-refractivity contribution < 1.29 is 17.6 Å². The largest absolute Gasteiger partial charge is 0.207 e. The van der Waals surface area contributed by atoms with Gasteiger partial charge in [0.25, 0.3) is 0 Å². The summed E-state index contributed by atoms with van der Waals surface area (Å²) >= 11 is 0. The van der Waals surface area contributed by atoms with Crippen LogP contribution in [-0.2, 0) is 0 Å². The molecule has 1 aromatic rings. The molecule has 0 aliphatic heterocycles. The second-order valence-electron chi connectivity index (χ2n) is 4.39. The van der Waals surface area contributed by atoms with Crippen molar-refractivity contribution in [3.63, 3.8) is 0 Å². The standard InChI is InChI=1S/C10H14F4Si2/c1-15(2)9-6(12)5(11)7(13)10(8(9)14)16(3)4/h15-16H,1-4H3. The minimum absolute atomic E-state index is 0.213. The number of halogens is 4. The first-order chi connectivity index (χ1) is 7.29. The topological polar surface area (TPSA) is 0 Å². The Kier molecular flexibility index (Phi) is 3.95. The van der Waals surface area contributed by atoms with Gasteiger partial charge in [0.05, 0.1) is 17.6 Å². The van der Waals surface area contributed by atoms with Crippen molar-refractivity contribution in [1.29, 1.82) is 0 Å². The third kappa shape index (κ3) is 2.08. The molecular formula is C10H14F4Si2. The van der Waals surface area contributed by atoms with Gasteiger partial charge in [-0.2, -0.15) is 0 Å². The van der Waals surface area contributed by atoms with Gasteiger partial charge in [0.2, 0.25) is 0 Å². The molecule has 0 atom stereocenters. The van der Waals surface area contributed by atoms with Gasteiger partial charge in [0.1, 0.15) is 5.82 Å². The summed E-state index contributed by atoms with van der Waals surface area (Å²) in [5.74, 6) is -5.04. The molecule has 0 unspecified atom stereocenters. The molecule has 0 aromatic heterocycles. The Bertz CT molecular complexity index is 381. The maximum Gasteiger partial charge on any atom is 0.194 e. The van der Waals surface area contributed by atoms with Crippen LogP contribution in [0.5, 0.6) is 0 Å². The molecule has 0 heterocycles. The van der Waals surface area contributed by atoms with Crippen LogP contribution in [0.1, 0.15) is 0 Å². The van der Waals surface area contributed by atoms with Crippen molar-refractivity contribution in [2.45, 2.75) is 26.2 Å². The van der Waals surface area contributed by atoms with E-state index >= 15 is 0 Å². The highest BCUT2D eigenvalue weighted by Gasteiger charge is 2.28. The van der Waals surface area contributed by atoms with Gasteiger partial charge in [-0.05, 0) is 0 Å². The average molecular weight is 266 g/mol. The molecule has 0 bridgehead atoms. The van der Waals surface area contributed by atoms with Crippen LogP contribution in [0.4, 0.5) is 17.6 Å². The van der Waals surface area contributed by atoms with E-state index in [0.29, 0.717) is 0 Å². The Labute approximate surface area is 95.5 Å². The summed E-state index contributed by atoms with van der Waals surface area (Å²) in [5.41, 5.74) is 0. The fourth-order valence-corrected chi connectivity index (χ4v) is 4.44. The molecule has 6 heteroatoms. The van der Waals surface area contributed by atoms with Gasteiger partial charge in [0, 0.05) is 10.4 Å². The third-order valence-corrected chi connectivity index (χ3v) is 5.81. The lowest BCUT2D eigenvalue weighted by Gasteiger charge is -2.15. The van der Waals surface area contributed by atoms with Gasteiger partial charge < -0.3 is 0 Å². The van der Waals surface area contributed by atoms with Crippen molar-refractivity contribution in [2.75, 3.05) is 0 Å². The molecule has 0 amide bonds. The normalized spacial score (nSPS) is 11.6. The number of hydrogen-bond donors (Lipinski definition) is 0. The van der Waals surface area contributed by atoms with Crippen LogP contribution in [0.15, 0.2) is 0 Å². The van der Waals surface area contributed by atoms with Crippen molar-refractivity contribution in [3.05, 3.63) is 23.3 Å². The van der Waals surface area contributed by atoms with Crippen LogP contribution in [0.3, 0.4) is 0 Å². The second kappa shape index (κ2) is 4.71. The zero-order valence-electron chi connectivity index (χ0n) is 9.67. The first-order valence-corrected chi connectivity index (χ1v) is 10.9. The van der Waals surface area contributed by atoms with E-state index < -0.39 is 40.9 Å². The van der Waals surface area contributed by atoms with Crippen LogP contribution >= 0.6 is 0 Å². The highest BCUT2D eigenvalue weighted by Crippen LogP contribution is 2.11. The van der Waals surface area contributed by atoms with Crippen LogP contribution in [0.25, 0.3) is 0 Å². The predicted octanol–water partition coefficient (Wildman–Crippen LogP) is 1.63. The SMILES string of the molecule is C[SiH](C)c1c(F)c(F)c(F)c([SiH](C)C)c1F. The van der Waals surface area contributed by atoms with Gasteiger partial charge in [-0.1, -0.05) is 26.2 Å². The highest BCUT2D eigenvalue weighted by molar-refractivity contribution is 6.74. The van der Waals surface area contributed by atoms with Crippen molar-refractivity contribution in [1.82, 2.24) is 0 Å². The molecule has 0 aliphatic rings. The second-order valence-corrected chi connectivity index (χ2v) is 10.2. The van der Waals surface area contributed by atoms with E-state index in [1.54, 1.807) is 26.2 Å². The number of rotatable bonds is 2. The lowest BCUT2D eigenvalue weighted by molar-refractivity contribution is 0.445. The minimum atomic E-state index is -1.86. The summed E-state index contributed by atoms with van der Waals surface area (Å²) in [7, 11) is -3.72. The molecule has 0 spiro atoms. The Hall–Kier alpha value is -0.626. The zero-order valence-corrected chi connectivity index (χ0v) is 12.0. The molecule has 90 valence electrons. The summed E-state index contributed by atoms with van der Waals surface area (Å²) in [6.45, 7) is 6.74. The van der Waals surface area contributed by atoms with E-state index in [-0.39, 0.29) is 10.4 Å². The van der Waals surface area contributed by atoms with Crippen LogP contribution in [-0.4, -0.2) is 17.6 Å². The fraction of sp³-hybridized carbons (Fsp3) is 0.400. The lowest BCUT2D eigenvalue weighted by atomic mass is 10.3. The van der Waals surface area contributed by atoms with Gasteiger partial charge in [0.15, 0.2) is 17.5 Å². The van der Waals surface area contributed by atoms with E-state index in [9.17, 15) is 17.6 Å². The molecule has 0 saturated heterocycles. The van der Waals surface area contributed by atoms with Crippen LogP contribution in [0.2, 0.25) is 26.2 Å². The Morgan fingerprint density at radius 1 is 0.562 bits per heavy atom. The molecule has 1 rings (SSSR count). The summed E-state index contributed by atoms with van der Waals surface area (Å²) in [6.07, 6.45) is 0. The molecule has 0 fully saturated rings. The monoisotopic (exact) mass is 266 g/mol. The molecule has 0 aliphatic carbocycles. The van der Waals surface area contributed by atoms with E-state index in [1.807, 2.05) is 0 Å². The first-order valence-electron chi connectivity index (χ1n) is 5.14. The maximum absolute atomic E-state index is 13.9. The maximum atomic E-state index is 13.9. The van der Waals surface area contributed by atoms with E-state index in [4.69, 9.17) is 0 Å². The summed E-state index contributed by atoms with van der Waals surface area (Å²) < 4.78 is 54.0. The van der Waals surface area contributed by atoms with Crippen LogP contribution < -0.4 is 10.4 Å². The molecule has 16 heavy (non-hydrogen) atoms. The first kappa shape index (κ1) is 13.4. The predicted molar refractivity (Wildman–Crippen MR) is 63.3 cm³/mol. The number of hydrogen-bond acceptors (Lipinski definition) is 0. The Morgan fingerprint density at radius 2 is 0.875 bits per heavy atom. The van der Waals surface area contributed by atoms with E-state index in [0.717, 1.165) is 0 Å². The molecule has 0 nitrogen and oxygen atoms in total. The van der Waals surface area contributed by atoms with Crippen molar-refractivity contribution in [2.24, 2.45) is 0 Å². The highest BCUT2D eigenvalue weighted by atomic mass is 28.3. The quantitative estimate of drug-likeness (QED) is 0.330. The average Bonchev–Trinajstić information content (AvgIpc) is 2.13. The van der Waals surface area contributed by atoms with Gasteiger partial charge in [-0.3, -0.25) is 0 Å². The molecule has 0 N–H and O–H groups in total. The summed E-state index contributed by atoms with van der Waals surface area (Å²) in [5, 5.41) is -0.426. The summed E-state index contributed by atoms with van der Waals surface area (Å²) in [4.78, 5) is 0. The smallest absolute Gasteiger partial charge is 0.194 e. The number of benzene rings is 1. The van der Waals surface area contributed by atoms with Crippen molar-refractivity contribution in [3.8, 4) is 0 Å². The molecule has 0 radical (unpaired) electrons. The lowest BCUT2D eigenvalue weighted by Crippen LogP contribution is -2.43. The molecule has 0 saturated carbocycles. The Balaban J connectivity index is 3.66. The van der Waals surface area contributed by atoms with Gasteiger partial charge >= 0.3 is 0 Å². The van der Waals surface area contributed by atoms with Gasteiger partial charge in [-0.15, -0.1) is 0 Å². The van der Waals surface area contributed by atoms with E-state index in [2.05, 4.69) is 0 Å². The molecule has 1 aromatic carbocycles. The van der Waals surface area contributed by atoms with Crippen LogP contribution in [0, 0.1) is 23.3 Å². The van der Waals surface area contributed by atoms with E-state index in [1.165, 1.54) is 0 Å². The Morgan fingerprint density at radius 3 is 1.12 bits per heavy atom. The zero-order chi connectivity index (χ0) is 12.6. The van der Waals surface area contributed by atoms with Gasteiger partial charge in [-0.25, -0.2) is 17.6 Å².